The van der Waals surface area contributed by atoms with E-state index in [9.17, 15) is 14.4 Å². The lowest BCUT2D eigenvalue weighted by Gasteiger charge is -2.16. The van der Waals surface area contributed by atoms with Crippen LogP contribution in [0, 0.1) is 0 Å². The summed E-state index contributed by atoms with van der Waals surface area (Å²) in [5, 5.41) is 8.20. The quantitative estimate of drug-likeness (QED) is 0.147. The topological polar surface area (TPSA) is 84.5 Å². The van der Waals surface area contributed by atoms with Crippen LogP contribution in [-0.2, 0) is 9.53 Å². The maximum Gasteiger partial charge on any atom is 0.341 e. The van der Waals surface area contributed by atoms with Gasteiger partial charge in [-0.05, 0) is 55.3 Å². The molecule has 0 fully saturated rings. The molecule has 3 aromatic carbocycles. The smallest absolute Gasteiger partial charge is 0.341 e. The molecule has 39 heavy (non-hydrogen) atoms. The SMILES string of the molecule is CCOC(=O)c1c(-c2ccccc2)csc1NC(=O)C(CC)Sc1cccc(NC(=O)c2cccc(Cl)c2)c1. The number of anilines is 2. The van der Waals surface area contributed by atoms with E-state index in [0.717, 1.165) is 16.0 Å². The van der Waals surface area contributed by atoms with Crippen molar-refractivity contribution in [2.24, 2.45) is 0 Å². The third-order valence-corrected chi connectivity index (χ3v) is 8.20. The summed E-state index contributed by atoms with van der Waals surface area (Å²) in [6, 6.07) is 23.6. The predicted molar refractivity (Wildman–Crippen MR) is 160 cm³/mol. The lowest BCUT2D eigenvalue weighted by molar-refractivity contribution is -0.115. The van der Waals surface area contributed by atoms with Crippen molar-refractivity contribution in [3.8, 4) is 11.1 Å². The van der Waals surface area contributed by atoms with Gasteiger partial charge in [0.1, 0.15) is 10.6 Å². The zero-order valence-corrected chi connectivity index (χ0v) is 23.8. The lowest BCUT2D eigenvalue weighted by Crippen LogP contribution is -2.25. The van der Waals surface area contributed by atoms with E-state index in [-0.39, 0.29) is 18.4 Å². The maximum atomic E-state index is 13.3. The van der Waals surface area contributed by atoms with Gasteiger partial charge in [0, 0.05) is 32.1 Å². The summed E-state index contributed by atoms with van der Waals surface area (Å²) in [7, 11) is 0. The van der Waals surface area contributed by atoms with Gasteiger partial charge in [-0.25, -0.2) is 4.79 Å². The van der Waals surface area contributed by atoms with E-state index < -0.39 is 11.2 Å². The summed E-state index contributed by atoms with van der Waals surface area (Å²) in [4.78, 5) is 39.7. The number of halogens is 1. The number of hydrogen-bond acceptors (Lipinski definition) is 6. The number of thioether (sulfide) groups is 1. The molecule has 0 aliphatic carbocycles. The van der Waals surface area contributed by atoms with Crippen LogP contribution in [0.25, 0.3) is 11.1 Å². The number of amides is 2. The van der Waals surface area contributed by atoms with Crippen LogP contribution in [-0.4, -0.2) is 29.6 Å². The molecule has 0 radical (unpaired) electrons. The van der Waals surface area contributed by atoms with Gasteiger partial charge in [-0.3, -0.25) is 9.59 Å². The third-order valence-electron chi connectivity index (χ3n) is 5.71. The molecule has 1 unspecified atom stereocenters. The highest BCUT2D eigenvalue weighted by molar-refractivity contribution is 8.00. The summed E-state index contributed by atoms with van der Waals surface area (Å²) in [6.45, 7) is 3.91. The van der Waals surface area contributed by atoms with Gasteiger partial charge in [0.2, 0.25) is 5.91 Å². The molecule has 1 heterocycles. The highest BCUT2D eigenvalue weighted by atomic mass is 35.5. The predicted octanol–water partition coefficient (Wildman–Crippen LogP) is 8.01. The van der Waals surface area contributed by atoms with Crippen LogP contribution in [0.15, 0.2) is 89.1 Å². The molecule has 200 valence electrons. The minimum atomic E-state index is -0.475. The standard InChI is InChI=1S/C30H27ClN2O4S2/c1-3-25(39-23-15-9-14-22(17-23)32-27(34)20-12-8-13-21(31)16-20)28(35)33-29-26(30(36)37-4-2)24(18-38-29)19-10-6-5-7-11-19/h5-18,25H,3-4H2,1-2H3,(H,32,34)(H,33,35). The number of carbonyl (C=O) groups excluding carboxylic acids is 3. The summed E-state index contributed by atoms with van der Waals surface area (Å²) in [6.07, 6.45) is 0.557. The molecule has 9 heteroatoms. The molecule has 0 saturated heterocycles. The van der Waals surface area contributed by atoms with E-state index in [1.54, 1.807) is 37.3 Å². The molecule has 0 bridgehead atoms. The zero-order valence-electron chi connectivity index (χ0n) is 21.4. The van der Waals surface area contributed by atoms with E-state index in [1.165, 1.54) is 23.1 Å². The number of hydrogen-bond donors (Lipinski definition) is 2. The average Bonchev–Trinajstić information content (AvgIpc) is 3.36. The van der Waals surface area contributed by atoms with Crippen molar-refractivity contribution in [3.05, 3.63) is 100 Å². The Bertz CT molecular complexity index is 1470. The van der Waals surface area contributed by atoms with Crippen LogP contribution in [0.3, 0.4) is 0 Å². The molecule has 4 aromatic rings. The zero-order chi connectivity index (χ0) is 27.8. The first kappa shape index (κ1) is 28.4. The van der Waals surface area contributed by atoms with E-state index in [4.69, 9.17) is 16.3 Å². The molecule has 2 amide bonds. The second-order valence-electron chi connectivity index (χ2n) is 8.44. The molecule has 0 aliphatic heterocycles. The first-order chi connectivity index (χ1) is 18.9. The molecule has 0 aliphatic rings. The Balaban J connectivity index is 1.49. The number of benzene rings is 3. The number of nitrogens with one attached hydrogen (secondary N) is 2. The first-order valence-electron chi connectivity index (χ1n) is 12.4. The van der Waals surface area contributed by atoms with E-state index in [2.05, 4.69) is 10.6 Å². The maximum absolute atomic E-state index is 13.3. The van der Waals surface area contributed by atoms with Crippen molar-refractivity contribution < 1.29 is 19.1 Å². The van der Waals surface area contributed by atoms with E-state index >= 15 is 0 Å². The van der Waals surface area contributed by atoms with Gasteiger partial charge < -0.3 is 15.4 Å². The average molecular weight is 579 g/mol. The fraction of sp³-hybridized carbons (Fsp3) is 0.167. The molecule has 1 aromatic heterocycles. The van der Waals surface area contributed by atoms with Crippen molar-refractivity contribution >= 4 is 63.2 Å². The number of rotatable bonds is 10. The Hall–Kier alpha value is -3.59. The molecule has 4 rings (SSSR count). The molecule has 6 nitrogen and oxygen atoms in total. The summed E-state index contributed by atoms with van der Waals surface area (Å²) in [5.74, 6) is -0.970. The highest BCUT2D eigenvalue weighted by Gasteiger charge is 2.25. The van der Waals surface area contributed by atoms with Crippen molar-refractivity contribution in [3.63, 3.8) is 0 Å². The van der Waals surface area contributed by atoms with Crippen LogP contribution < -0.4 is 10.6 Å². The number of carbonyl (C=O) groups is 3. The molecular weight excluding hydrogens is 552 g/mol. The monoisotopic (exact) mass is 578 g/mol. The minimum Gasteiger partial charge on any atom is -0.462 e. The highest BCUT2D eigenvalue weighted by Crippen LogP contribution is 2.37. The summed E-state index contributed by atoms with van der Waals surface area (Å²) >= 11 is 8.69. The van der Waals surface area contributed by atoms with Gasteiger partial charge in [-0.1, -0.05) is 61.0 Å². The Labute approximate surface area is 240 Å². The molecule has 1 atom stereocenters. The van der Waals surface area contributed by atoms with Crippen LogP contribution in [0.5, 0.6) is 0 Å². The van der Waals surface area contributed by atoms with E-state index in [1.807, 2.05) is 60.8 Å². The van der Waals surface area contributed by atoms with Crippen LogP contribution in [0.4, 0.5) is 10.7 Å². The van der Waals surface area contributed by atoms with E-state index in [0.29, 0.717) is 33.3 Å². The Kier molecular flexibility index (Phi) is 9.81. The summed E-state index contributed by atoms with van der Waals surface area (Å²) in [5.41, 5.74) is 3.01. The largest absolute Gasteiger partial charge is 0.462 e. The van der Waals surface area contributed by atoms with Crippen LogP contribution in [0.2, 0.25) is 5.02 Å². The Morgan fingerprint density at radius 2 is 1.72 bits per heavy atom. The van der Waals surface area contributed by atoms with Gasteiger partial charge in [-0.2, -0.15) is 0 Å². The second-order valence-corrected chi connectivity index (χ2v) is 11.0. The fourth-order valence-electron chi connectivity index (χ4n) is 3.85. The first-order valence-corrected chi connectivity index (χ1v) is 14.5. The van der Waals surface area contributed by atoms with Gasteiger partial charge in [0.15, 0.2) is 0 Å². The van der Waals surface area contributed by atoms with Gasteiger partial charge in [0.25, 0.3) is 5.91 Å². The normalized spacial score (nSPS) is 11.5. The lowest BCUT2D eigenvalue weighted by atomic mass is 10.0. The minimum absolute atomic E-state index is 0.220. The molecule has 2 N–H and O–H groups in total. The molecular formula is C30H27ClN2O4S2. The van der Waals surface area contributed by atoms with Crippen molar-refractivity contribution in [2.75, 3.05) is 17.2 Å². The second kappa shape index (κ2) is 13.5. The third kappa shape index (κ3) is 7.29. The molecule has 0 spiro atoms. The number of ether oxygens (including phenoxy) is 1. The van der Waals surface area contributed by atoms with Crippen molar-refractivity contribution in [1.82, 2.24) is 0 Å². The van der Waals surface area contributed by atoms with Crippen molar-refractivity contribution in [1.29, 1.82) is 0 Å². The Morgan fingerprint density at radius 1 is 0.949 bits per heavy atom. The van der Waals surface area contributed by atoms with Crippen LogP contribution in [0.1, 0.15) is 41.0 Å². The summed E-state index contributed by atoms with van der Waals surface area (Å²) < 4.78 is 5.31. The Morgan fingerprint density at radius 3 is 2.44 bits per heavy atom. The van der Waals surface area contributed by atoms with Gasteiger partial charge in [-0.15, -0.1) is 23.1 Å². The number of esters is 1. The van der Waals surface area contributed by atoms with Gasteiger partial charge in [0.05, 0.1) is 11.9 Å². The number of thiophene rings is 1. The van der Waals surface area contributed by atoms with Crippen LogP contribution >= 0.6 is 34.7 Å². The fourth-order valence-corrected chi connectivity index (χ4v) is 6.01. The molecule has 0 saturated carbocycles. The van der Waals surface area contributed by atoms with Crippen molar-refractivity contribution in [2.45, 2.75) is 30.4 Å². The van der Waals surface area contributed by atoms with Gasteiger partial charge >= 0.3 is 5.97 Å².